The van der Waals surface area contributed by atoms with Crippen LogP contribution in [0.3, 0.4) is 0 Å². The minimum atomic E-state index is -0.645. The molecule has 2 fully saturated rings. The Labute approximate surface area is 109 Å². The highest BCUT2D eigenvalue weighted by molar-refractivity contribution is 5.73. The zero-order chi connectivity index (χ0) is 13.2. The number of carbonyl (C=O) groups excluding carboxylic acids is 1. The number of amides is 2. The predicted octanol–water partition coefficient (Wildman–Crippen LogP) is 0.683. The standard InChI is InChI=1S/C13H25N3O2/c1-10(16(2)11-4-5-11)8-14-12(17)15-9-13(18)6-3-7-13/h10-11,18H,3-9H2,1-2H3,(H2,14,15,17). The molecule has 0 bridgehead atoms. The average molecular weight is 255 g/mol. The van der Waals surface area contributed by atoms with Crippen LogP contribution >= 0.6 is 0 Å². The van der Waals surface area contributed by atoms with Crippen molar-refractivity contribution in [2.75, 3.05) is 20.1 Å². The van der Waals surface area contributed by atoms with E-state index in [-0.39, 0.29) is 6.03 Å². The van der Waals surface area contributed by atoms with Crippen molar-refractivity contribution in [2.24, 2.45) is 0 Å². The molecule has 0 radical (unpaired) electrons. The first-order chi connectivity index (χ1) is 8.50. The fraction of sp³-hybridized carbons (Fsp3) is 0.923. The Bertz CT molecular complexity index is 301. The molecule has 104 valence electrons. The minimum absolute atomic E-state index is 0.175. The first-order valence-corrected chi connectivity index (χ1v) is 6.96. The maximum Gasteiger partial charge on any atom is 0.314 e. The first-order valence-electron chi connectivity index (χ1n) is 6.96. The van der Waals surface area contributed by atoms with Crippen LogP contribution in [-0.4, -0.2) is 53.9 Å². The van der Waals surface area contributed by atoms with Crippen LogP contribution in [0.4, 0.5) is 4.79 Å². The van der Waals surface area contributed by atoms with E-state index < -0.39 is 5.60 Å². The molecule has 2 saturated carbocycles. The van der Waals surface area contributed by atoms with Crippen molar-refractivity contribution in [2.45, 2.75) is 56.7 Å². The summed E-state index contributed by atoms with van der Waals surface area (Å²) in [5, 5.41) is 15.5. The number of carbonyl (C=O) groups is 1. The summed E-state index contributed by atoms with van der Waals surface area (Å²) >= 11 is 0. The second-order valence-electron chi connectivity index (χ2n) is 5.89. The fourth-order valence-electron chi connectivity index (χ4n) is 2.30. The molecule has 0 heterocycles. The number of nitrogens with zero attached hydrogens (tertiary/aromatic N) is 1. The van der Waals surface area contributed by atoms with E-state index in [0.29, 0.717) is 25.2 Å². The summed E-state index contributed by atoms with van der Waals surface area (Å²) in [4.78, 5) is 13.9. The summed E-state index contributed by atoms with van der Waals surface area (Å²) in [7, 11) is 2.11. The Hall–Kier alpha value is -0.810. The van der Waals surface area contributed by atoms with Gasteiger partial charge in [0, 0.05) is 25.2 Å². The van der Waals surface area contributed by atoms with E-state index in [1.54, 1.807) is 0 Å². The highest BCUT2D eigenvalue weighted by atomic mass is 16.3. The summed E-state index contributed by atoms with van der Waals surface area (Å²) in [5.74, 6) is 0. The van der Waals surface area contributed by atoms with Gasteiger partial charge in [0.2, 0.25) is 0 Å². The minimum Gasteiger partial charge on any atom is -0.388 e. The van der Waals surface area contributed by atoms with Gasteiger partial charge in [-0.05, 0) is 46.1 Å². The van der Waals surface area contributed by atoms with E-state index in [4.69, 9.17) is 0 Å². The highest BCUT2D eigenvalue weighted by Gasteiger charge is 2.34. The van der Waals surface area contributed by atoms with Crippen LogP contribution in [0.25, 0.3) is 0 Å². The van der Waals surface area contributed by atoms with Gasteiger partial charge in [0.15, 0.2) is 0 Å². The number of nitrogens with one attached hydrogen (secondary N) is 2. The van der Waals surface area contributed by atoms with E-state index in [2.05, 4.69) is 29.5 Å². The summed E-state index contributed by atoms with van der Waals surface area (Å²) < 4.78 is 0. The van der Waals surface area contributed by atoms with E-state index >= 15 is 0 Å². The van der Waals surface area contributed by atoms with Crippen LogP contribution in [0, 0.1) is 0 Å². The molecule has 0 aromatic heterocycles. The lowest BCUT2D eigenvalue weighted by Crippen LogP contribution is -2.51. The summed E-state index contributed by atoms with van der Waals surface area (Å²) in [6.07, 6.45) is 5.21. The van der Waals surface area contributed by atoms with Crippen LogP contribution in [0.15, 0.2) is 0 Å². The third-order valence-corrected chi connectivity index (χ3v) is 4.24. The van der Waals surface area contributed by atoms with Crippen molar-refractivity contribution < 1.29 is 9.90 Å². The number of hydrogen-bond acceptors (Lipinski definition) is 3. The van der Waals surface area contributed by atoms with Crippen LogP contribution in [-0.2, 0) is 0 Å². The summed E-state index contributed by atoms with van der Waals surface area (Å²) in [5.41, 5.74) is -0.645. The second kappa shape index (κ2) is 5.45. The molecular formula is C13H25N3O2. The molecule has 0 saturated heterocycles. The molecule has 0 aromatic carbocycles. The zero-order valence-corrected chi connectivity index (χ0v) is 11.4. The molecule has 2 amide bonds. The Morgan fingerprint density at radius 1 is 1.44 bits per heavy atom. The number of hydrogen-bond donors (Lipinski definition) is 3. The first kappa shape index (κ1) is 13.6. The number of rotatable bonds is 6. The van der Waals surface area contributed by atoms with Gasteiger partial charge in [-0.1, -0.05) is 0 Å². The quantitative estimate of drug-likeness (QED) is 0.654. The monoisotopic (exact) mass is 255 g/mol. The molecule has 5 nitrogen and oxygen atoms in total. The molecule has 18 heavy (non-hydrogen) atoms. The summed E-state index contributed by atoms with van der Waals surface area (Å²) in [6, 6.07) is 0.891. The normalized spacial score (nSPS) is 23.3. The third kappa shape index (κ3) is 3.59. The van der Waals surface area contributed by atoms with Crippen LogP contribution < -0.4 is 10.6 Å². The van der Waals surface area contributed by atoms with Gasteiger partial charge in [0.25, 0.3) is 0 Å². The lowest BCUT2D eigenvalue weighted by molar-refractivity contribution is -0.0290. The number of urea groups is 1. The largest absolute Gasteiger partial charge is 0.388 e. The molecule has 0 aromatic rings. The fourth-order valence-corrected chi connectivity index (χ4v) is 2.30. The molecule has 5 heteroatoms. The van der Waals surface area contributed by atoms with Gasteiger partial charge in [-0.3, -0.25) is 4.90 Å². The van der Waals surface area contributed by atoms with Crippen molar-refractivity contribution in [1.29, 1.82) is 0 Å². The smallest absolute Gasteiger partial charge is 0.314 e. The number of likely N-dealkylation sites (N-methyl/N-ethyl adjacent to an activating group) is 1. The molecule has 3 N–H and O–H groups in total. The predicted molar refractivity (Wildman–Crippen MR) is 70.4 cm³/mol. The number of aliphatic hydroxyl groups is 1. The van der Waals surface area contributed by atoms with Crippen LogP contribution in [0.5, 0.6) is 0 Å². The van der Waals surface area contributed by atoms with E-state index in [9.17, 15) is 9.90 Å². The lowest BCUT2D eigenvalue weighted by Gasteiger charge is -2.36. The van der Waals surface area contributed by atoms with Crippen molar-refractivity contribution in [3.05, 3.63) is 0 Å². The maximum atomic E-state index is 11.6. The molecule has 1 atom stereocenters. The third-order valence-electron chi connectivity index (χ3n) is 4.24. The lowest BCUT2D eigenvalue weighted by atomic mass is 9.80. The summed E-state index contributed by atoms with van der Waals surface area (Å²) in [6.45, 7) is 3.14. The molecule has 1 unspecified atom stereocenters. The van der Waals surface area contributed by atoms with Gasteiger partial charge in [-0.15, -0.1) is 0 Å². The van der Waals surface area contributed by atoms with Crippen molar-refractivity contribution in [1.82, 2.24) is 15.5 Å². The Morgan fingerprint density at radius 2 is 2.11 bits per heavy atom. The molecule has 2 aliphatic rings. The zero-order valence-electron chi connectivity index (χ0n) is 11.4. The van der Waals surface area contributed by atoms with E-state index in [1.807, 2.05) is 0 Å². The van der Waals surface area contributed by atoms with Gasteiger partial charge in [0.05, 0.1) is 5.60 Å². The van der Waals surface area contributed by atoms with Gasteiger partial charge in [-0.2, -0.15) is 0 Å². The van der Waals surface area contributed by atoms with Crippen LogP contribution in [0.1, 0.15) is 39.0 Å². The van der Waals surface area contributed by atoms with Crippen molar-refractivity contribution >= 4 is 6.03 Å². The highest BCUT2D eigenvalue weighted by Crippen LogP contribution is 2.30. The molecular weight excluding hydrogens is 230 g/mol. The van der Waals surface area contributed by atoms with Crippen LogP contribution in [0.2, 0.25) is 0 Å². The van der Waals surface area contributed by atoms with Gasteiger partial charge in [0.1, 0.15) is 0 Å². The Balaban J connectivity index is 1.58. The topological polar surface area (TPSA) is 64.6 Å². The van der Waals surface area contributed by atoms with Crippen molar-refractivity contribution in [3.8, 4) is 0 Å². The molecule has 2 rings (SSSR count). The van der Waals surface area contributed by atoms with Crippen molar-refractivity contribution in [3.63, 3.8) is 0 Å². The van der Waals surface area contributed by atoms with E-state index in [0.717, 1.165) is 19.3 Å². The SMILES string of the molecule is CC(CNC(=O)NCC1(O)CCC1)N(C)C1CC1. The maximum absolute atomic E-state index is 11.6. The second-order valence-corrected chi connectivity index (χ2v) is 5.89. The Kier molecular flexibility index (Phi) is 4.12. The van der Waals surface area contributed by atoms with Gasteiger partial charge < -0.3 is 15.7 Å². The average Bonchev–Trinajstić information content (AvgIpc) is 3.14. The van der Waals surface area contributed by atoms with Gasteiger partial charge in [-0.25, -0.2) is 4.79 Å². The van der Waals surface area contributed by atoms with E-state index in [1.165, 1.54) is 12.8 Å². The molecule has 2 aliphatic carbocycles. The van der Waals surface area contributed by atoms with Gasteiger partial charge >= 0.3 is 6.03 Å². The molecule has 0 spiro atoms. The molecule has 0 aliphatic heterocycles. The Morgan fingerprint density at radius 3 is 2.61 bits per heavy atom.